The molecule has 12 nitrogen and oxygen atoms in total. The lowest BCUT2D eigenvalue weighted by Crippen LogP contribution is -2.50. The second kappa shape index (κ2) is 17.6. The molecule has 0 aliphatic carbocycles. The van der Waals surface area contributed by atoms with Gasteiger partial charge in [-0.25, -0.2) is 4.79 Å². The van der Waals surface area contributed by atoms with Crippen LogP contribution in [0.15, 0.2) is 97.6 Å². The number of hydrogen-bond acceptors (Lipinski definition) is 10. The van der Waals surface area contributed by atoms with Crippen LogP contribution in [-0.2, 0) is 39.5 Å². The van der Waals surface area contributed by atoms with Gasteiger partial charge in [0.25, 0.3) is 0 Å². The second-order valence-corrected chi connectivity index (χ2v) is 14.0. The topological polar surface area (TPSA) is 144 Å². The largest absolute Gasteiger partial charge is 0.497 e. The van der Waals surface area contributed by atoms with Crippen molar-refractivity contribution in [2.45, 2.75) is 64.1 Å². The molecule has 0 saturated carbocycles. The van der Waals surface area contributed by atoms with Gasteiger partial charge in [0.05, 0.1) is 32.4 Å². The highest BCUT2D eigenvalue weighted by molar-refractivity contribution is 7.53. The minimum atomic E-state index is -3.41. The quantitative estimate of drug-likeness (QED) is 0.144. The molecule has 2 N–H and O–H groups in total. The molecule has 0 radical (unpaired) electrons. The molecule has 1 fully saturated rings. The SMILES string of the molecule is CCOP(=O)(COc1ccc(C[C@@H]2[C@H](O)[C@@H](O)[C@@H](Cc3ccc(OC)cc3)N(Cc3cccnc3)C(=O)N2Cc2cccnc2)cc1)OCC. The van der Waals surface area contributed by atoms with Crippen molar-refractivity contribution in [2.75, 3.05) is 26.7 Å². The van der Waals surface area contributed by atoms with Gasteiger partial charge in [0.15, 0.2) is 6.35 Å². The number of methoxy groups -OCH3 is 1. The molecule has 1 aliphatic rings. The number of hydrogen-bond donors (Lipinski definition) is 2. The lowest BCUT2D eigenvalue weighted by atomic mass is 9.91. The fourth-order valence-electron chi connectivity index (χ4n) is 6.11. The Balaban J connectivity index is 1.47. The maximum Gasteiger partial charge on any atom is 0.367 e. The molecule has 4 aromatic rings. The minimum absolute atomic E-state index is 0.158. The van der Waals surface area contributed by atoms with E-state index in [0.717, 1.165) is 22.3 Å². The molecule has 5 rings (SSSR count). The number of carbonyl (C=O) groups excluding carboxylic acids is 1. The molecule has 266 valence electrons. The Labute approximate surface area is 293 Å². The van der Waals surface area contributed by atoms with E-state index in [1.54, 1.807) is 79.8 Å². The van der Waals surface area contributed by atoms with Crippen LogP contribution in [0.3, 0.4) is 0 Å². The Bertz CT molecular complexity index is 1670. The van der Waals surface area contributed by atoms with E-state index in [-0.39, 0.29) is 45.1 Å². The molecule has 0 unspecified atom stereocenters. The monoisotopic (exact) mass is 704 g/mol. The summed E-state index contributed by atoms with van der Waals surface area (Å²) >= 11 is 0. The van der Waals surface area contributed by atoms with E-state index in [9.17, 15) is 19.6 Å². The first-order valence-electron chi connectivity index (χ1n) is 16.7. The van der Waals surface area contributed by atoms with Crippen LogP contribution in [-0.4, -0.2) is 87.0 Å². The fraction of sp³-hybridized carbons (Fsp3) is 0.378. The number of aliphatic hydroxyl groups is 2. The molecule has 4 atom stereocenters. The number of ether oxygens (including phenoxy) is 2. The van der Waals surface area contributed by atoms with Crippen molar-refractivity contribution in [3.8, 4) is 11.5 Å². The highest BCUT2D eigenvalue weighted by atomic mass is 31.2. The Hall–Kier alpha value is -4.32. The summed E-state index contributed by atoms with van der Waals surface area (Å²) in [5.74, 6) is 1.15. The number of benzene rings is 2. The van der Waals surface area contributed by atoms with Crippen LogP contribution in [0, 0.1) is 0 Å². The number of aromatic nitrogens is 2. The third-order valence-electron chi connectivity index (χ3n) is 8.59. The van der Waals surface area contributed by atoms with Crippen LogP contribution in [0.2, 0.25) is 0 Å². The van der Waals surface area contributed by atoms with Crippen LogP contribution >= 0.6 is 7.60 Å². The second-order valence-electron chi connectivity index (χ2n) is 12.0. The molecule has 2 aromatic heterocycles. The van der Waals surface area contributed by atoms with Crippen LogP contribution in [0.5, 0.6) is 11.5 Å². The van der Waals surface area contributed by atoms with Crippen molar-refractivity contribution in [1.82, 2.24) is 19.8 Å². The molecule has 1 aliphatic heterocycles. The number of rotatable bonds is 16. The third-order valence-corrected chi connectivity index (χ3v) is 10.3. The summed E-state index contributed by atoms with van der Waals surface area (Å²) in [5.41, 5.74) is 3.23. The van der Waals surface area contributed by atoms with Gasteiger partial charge in [0, 0.05) is 37.9 Å². The zero-order valence-corrected chi connectivity index (χ0v) is 29.5. The molecule has 1 saturated heterocycles. The predicted molar refractivity (Wildman–Crippen MR) is 188 cm³/mol. The molecule has 3 heterocycles. The van der Waals surface area contributed by atoms with E-state index in [2.05, 4.69) is 9.97 Å². The highest BCUT2D eigenvalue weighted by Crippen LogP contribution is 2.48. The average Bonchev–Trinajstić information content (AvgIpc) is 3.19. The van der Waals surface area contributed by atoms with Gasteiger partial charge in [-0.2, -0.15) is 0 Å². The van der Waals surface area contributed by atoms with E-state index in [4.69, 9.17) is 18.5 Å². The average molecular weight is 705 g/mol. The van der Waals surface area contributed by atoms with Crippen molar-refractivity contribution in [1.29, 1.82) is 0 Å². The van der Waals surface area contributed by atoms with Crippen molar-refractivity contribution in [3.05, 3.63) is 120 Å². The lowest BCUT2D eigenvalue weighted by molar-refractivity contribution is -0.0408. The van der Waals surface area contributed by atoms with E-state index in [0.29, 0.717) is 17.9 Å². The number of carbonyl (C=O) groups is 1. The van der Waals surface area contributed by atoms with Gasteiger partial charge in [0.2, 0.25) is 0 Å². The van der Waals surface area contributed by atoms with E-state index in [1.165, 1.54) is 0 Å². The summed E-state index contributed by atoms with van der Waals surface area (Å²) in [6.07, 6.45) is 4.39. The maximum atomic E-state index is 14.8. The fourth-order valence-corrected chi connectivity index (χ4v) is 7.42. The van der Waals surface area contributed by atoms with Gasteiger partial charge >= 0.3 is 13.6 Å². The van der Waals surface area contributed by atoms with Gasteiger partial charge in [0.1, 0.15) is 23.7 Å². The van der Waals surface area contributed by atoms with E-state index >= 15 is 0 Å². The van der Waals surface area contributed by atoms with Gasteiger partial charge in [-0.3, -0.25) is 14.5 Å². The van der Waals surface area contributed by atoms with Crippen molar-refractivity contribution < 1.29 is 38.1 Å². The van der Waals surface area contributed by atoms with Gasteiger partial charge in [-0.15, -0.1) is 0 Å². The van der Waals surface area contributed by atoms with Crippen LogP contribution in [0.1, 0.15) is 36.1 Å². The van der Waals surface area contributed by atoms with E-state index < -0.39 is 31.9 Å². The van der Waals surface area contributed by atoms with Crippen LogP contribution < -0.4 is 9.47 Å². The van der Waals surface area contributed by atoms with E-state index in [1.807, 2.05) is 48.5 Å². The first-order chi connectivity index (χ1) is 24.2. The van der Waals surface area contributed by atoms with Gasteiger partial charge in [-0.1, -0.05) is 36.4 Å². The van der Waals surface area contributed by atoms with Crippen molar-refractivity contribution in [2.24, 2.45) is 0 Å². The maximum absolute atomic E-state index is 14.8. The van der Waals surface area contributed by atoms with Crippen LogP contribution in [0.25, 0.3) is 0 Å². The number of urea groups is 1. The Kier molecular flexibility index (Phi) is 13.0. The summed E-state index contributed by atoms with van der Waals surface area (Å²) in [7, 11) is -1.82. The zero-order valence-electron chi connectivity index (χ0n) is 28.6. The molecule has 2 aromatic carbocycles. The Morgan fingerprint density at radius 1 is 0.700 bits per heavy atom. The predicted octanol–water partition coefficient (Wildman–Crippen LogP) is 5.47. The molecular formula is C37H45N4O8P. The standard InChI is InChI=1S/C37H45N4O8P/c1-4-48-50(45,49-5-2)26-47-32-16-12-28(13-17-32)21-34-36(43)35(42)33(20-27-10-14-31(46-3)15-11-27)40(24-29-8-6-18-38-22-29)37(44)41(34)25-30-9-7-19-39-23-30/h6-19,22-23,33-36,42-43H,4-5,20-21,24-26H2,1-3H3/t33-,34-,35+,36+/m1/s1. The highest BCUT2D eigenvalue weighted by Gasteiger charge is 2.46. The lowest BCUT2D eigenvalue weighted by Gasteiger charge is -2.35. The summed E-state index contributed by atoms with van der Waals surface area (Å²) < 4.78 is 34.6. The number of nitrogens with zero attached hydrogens (tertiary/aromatic N) is 4. The first-order valence-corrected chi connectivity index (χ1v) is 18.4. The van der Waals surface area contributed by atoms with Crippen LogP contribution in [0.4, 0.5) is 4.79 Å². The molecule has 0 spiro atoms. The van der Waals surface area contributed by atoms with Crippen molar-refractivity contribution >= 4 is 13.6 Å². The molecule has 2 amide bonds. The van der Waals surface area contributed by atoms with Gasteiger partial charge in [-0.05, 0) is 85.3 Å². The zero-order chi connectivity index (χ0) is 35.5. The Morgan fingerprint density at radius 2 is 1.16 bits per heavy atom. The molecular weight excluding hydrogens is 659 g/mol. The number of pyridine rings is 2. The first kappa shape index (κ1) is 36.9. The summed E-state index contributed by atoms with van der Waals surface area (Å²) in [4.78, 5) is 26.5. The molecule has 50 heavy (non-hydrogen) atoms. The summed E-state index contributed by atoms with van der Waals surface area (Å²) in [6.45, 7) is 4.26. The van der Waals surface area contributed by atoms with Gasteiger partial charge < -0.3 is 38.5 Å². The smallest absolute Gasteiger partial charge is 0.367 e. The minimum Gasteiger partial charge on any atom is -0.497 e. The number of amides is 2. The number of aliphatic hydroxyl groups excluding tert-OH is 2. The molecule has 13 heteroatoms. The van der Waals surface area contributed by atoms with Crippen molar-refractivity contribution in [3.63, 3.8) is 0 Å². The Morgan fingerprint density at radius 3 is 1.56 bits per heavy atom. The summed E-state index contributed by atoms with van der Waals surface area (Å²) in [5, 5.41) is 23.9. The summed E-state index contributed by atoms with van der Waals surface area (Å²) in [6, 6.07) is 20.0. The third kappa shape index (κ3) is 9.47. The molecule has 0 bridgehead atoms. The normalized spacial score (nSPS) is 19.7.